The minimum absolute atomic E-state index is 0.0278. The van der Waals surface area contributed by atoms with E-state index in [1.54, 1.807) is 9.80 Å². The molecule has 1 atom stereocenters. The average molecular weight is 354 g/mol. The second-order valence-electron chi connectivity index (χ2n) is 7.13. The fraction of sp³-hybridized carbons (Fsp3) is 0.550. The Bertz CT molecular complexity index is 681. The molecule has 3 rings (SSSR count). The number of benzene rings is 1. The minimum atomic E-state index is -0.201. The first-order valence-electron chi connectivity index (χ1n) is 9.31. The average Bonchev–Trinajstić information content (AvgIpc) is 3.50. The zero-order chi connectivity index (χ0) is 18.5. The van der Waals surface area contributed by atoms with Gasteiger partial charge >= 0.3 is 0 Å². The van der Waals surface area contributed by atoms with Crippen LogP contribution >= 0.6 is 0 Å². The highest BCUT2D eigenvalue weighted by Crippen LogP contribution is 2.30. The van der Waals surface area contributed by atoms with E-state index in [4.69, 9.17) is 0 Å². The van der Waals surface area contributed by atoms with Gasteiger partial charge < -0.3 is 9.80 Å². The third-order valence-corrected chi connectivity index (χ3v) is 5.20. The monoisotopic (exact) mass is 354 g/mol. The number of carbonyl (C=O) groups excluding carboxylic acids is 2. The SMILES string of the molecule is CC(=O)N(CCC(=O)N1CCN(C2CC2)C(C#N)C1)Cc1ccccc1. The number of hydrogen-bond acceptors (Lipinski definition) is 4. The summed E-state index contributed by atoms with van der Waals surface area (Å²) >= 11 is 0. The summed E-state index contributed by atoms with van der Waals surface area (Å²) in [5, 5.41) is 9.41. The van der Waals surface area contributed by atoms with Crippen molar-refractivity contribution in [1.29, 1.82) is 5.26 Å². The second kappa shape index (κ2) is 8.33. The van der Waals surface area contributed by atoms with Crippen molar-refractivity contribution in [3.63, 3.8) is 0 Å². The van der Waals surface area contributed by atoms with Crippen molar-refractivity contribution >= 4 is 11.8 Å². The van der Waals surface area contributed by atoms with Gasteiger partial charge in [-0.3, -0.25) is 14.5 Å². The van der Waals surface area contributed by atoms with Gasteiger partial charge in [-0.05, 0) is 18.4 Å². The molecular formula is C20H26N4O2. The molecular weight excluding hydrogens is 328 g/mol. The van der Waals surface area contributed by atoms with Crippen molar-refractivity contribution in [2.75, 3.05) is 26.2 Å². The Morgan fingerprint density at radius 2 is 1.96 bits per heavy atom. The van der Waals surface area contributed by atoms with E-state index in [1.807, 2.05) is 30.3 Å². The van der Waals surface area contributed by atoms with E-state index in [-0.39, 0.29) is 17.9 Å². The molecule has 1 unspecified atom stereocenters. The van der Waals surface area contributed by atoms with Crippen LogP contribution in [0, 0.1) is 11.3 Å². The van der Waals surface area contributed by atoms with Crippen LogP contribution in [0.3, 0.4) is 0 Å². The van der Waals surface area contributed by atoms with Gasteiger partial charge in [-0.15, -0.1) is 0 Å². The summed E-state index contributed by atoms with van der Waals surface area (Å²) in [7, 11) is 0. The largest absolute Gasteiger partial charge is 0.339 e. The van der Waals surface area contributed by atoms with Gasteiger partial charge in [0.2, 0.25) is 11.8 Å². The first-order chi connectivity index (χ1) is 12.6. The Labute approximate surface area is 155 Å². The molecule has 2 amide bonds. The minimum Gasteiger partial charge on any atom is -0.339 e. The number of nitrogens with zero attached hydrogens (tertiary/aromatic N) is 4. The Morgan fingerprint density at radius 1 is 1.23 bits per heavy atom. The Balaban J connectivity index is 1.52. The van der Waals surface area contributed by atoms with Crippen molar-refractivity contribution in [1.82, 2.24) is 14.7 Å². The zero-order valence-corrected chi connectivity index (χ0v) is 15.3. The van der Waals surface area contributed by atoms with E-state index >= 15 is 0 Å². The summed E-state index contributed by atoms with van der Waals surface area (Å²) < 4.78 is 0. The number of rotatable bonds is 6. The first kappa shape index (κ1) is 18.4. The molecule has 26 heavy (non-hydrogen) atoms. The Kier molecular flexibility index (Phi) is 5.89. The van der Waals surface area contributed by atoms with Crippen LogP contribution in [-0.4, -0.2) is 64.8 Å². The van der Waals surface area contributed by atoms with Crippen LogP contribution < -0.4 is 0 Å². The van der Waals surface area contributed by atoms with Gasteiger partial charge in [0.1, 0.15) is 6.04 Å². The van der Waals surface area contributed by atoms with E-state index in [9.17, 15) is 14.9 Å². The smallest absolute Gasteiger partial charge is 0.224 e. The number of carbonyl (C=O) groups is 2. The summed E-state index contributed by atoms with van der Waals surface area (Å²) in [5.74, 6) is -0.00452. The topological polar surface area (TPSA) is 67.7 Å². The van der Waals surface area contributed by atoms with Crippen LogP contribution in [0.2, 0.25) is 0 Å². The summed E-state index contributed by atoms with van der Waals surface area (Å²) in [6.45, 7) is 4.38. The van der Waals surface area contributed by atoms with E-state index in [2.05, 4.69) is 11.0 Å². The molecule has 1 aromatic rings. The predicted octanol–water partition coefficient (Wildman–Crippen LogP) is 1.62. The Morgan fingerprint density at radius 3 is 2.58 bits per heavy atom. The van der Waals surface area contributed by atoms with Crippen molar-refractivity contribution in [2.45, 2.75) is 44.8 Å². The summed E-state index contributed by atoms with van der Waals surface area (Å²) in [6.07, 6.45) is 2.63. The fourth-order valence-electron chi connectivity index (χ4n) is 3.52. The zero-order valence-electron chi connectivity index (χ0n) is 15.3. The maximum Gasteiger partial charge on any atom is 0.224 e. The quantitative estimate of drug-likeness (QED) is 0.779. The lowest BCUT2D eigenvalue weighted by atomic mass is 10.1. The third-order valence-electron chi connectivity index (χ3n) is 5.20. The van der Waals surface area contributed by atoms with Crippen LogP contribution in [0.1, 0.15) is 31.7 Å². The third kappa shape index (κ3) is 4.61. The van der Waals surface area contributed by atoms with Gasteiger partial charge in [0.05, 0.1) is 6.07 Å². The summed E-state index contributed by atoms with van der Waals surface area (Å²) in [5.41, 5.74) is 1.05. The molecule has 2 aliphatic rings. The second-order valence-corrected chi connectivity index (χ2v) is 7.13. The van der Waals surface area contributed by atoms with Crippen molar-refractivity contribution in [3.05, 3.63) is 35.9 Å². The maximum absolute atomic E-state index is 12.6. The molecule has 1 saturated carbocycles. The van der Waals surface area contributed by atoms with Crippen molar-refractivity contribution in [3.8, 4) is 6.07 Å². The highest BCUT2D eigenvalue weighted by atomic mass is 16.2. The molecule has 0 spiro atoms. The fourth-order valence-corrected chi connectivity index (χ4v) is 3.52. The molecule has 6 heteroatoms. The molecule has 1 aliphatic heterocycles. The van der Waals surface area contributed by atoms with Crippen LogP contribution in [0.25, 0.3) is 0 Å². The van der Waals surface area contributed by atoms with Gasteiger partial charge in [-0.1, -0.05) is 30.3 Å². The highest BCUT2D eigenvalue weighted by Gasteiger charge is 2.38. The van der Waals surface area contributed by atoms with Crippen molar-refractivity contribution < 1.29 is 9.59 Å². The molecule has 1 aliphatic carbocycles. The summed E-state index contributed by atoms with van der Waals surface area (Å²) in [4.78, 5) is 30.2. The highest BCUT2D eigenvalue weighted by molar-refractivity contribution is 5.78. The predicted molar refractivity (Wildman–Crippen MR) is 97.9 cm³/mol. The van der Waals surface area contributed by atoms with Crippen LogP contribution in [0.15, 0.2) is 30.3 Å². The summed E-state index contributed by atoms with van der Waals surface area (Å²) in [6, 6.07) is 12.5. The maximum atomic E-state index is 12.6. The lowest BCUT2D eigenvalue weighted by Gasteiger charge is -2.38. The molecule has 2 fully saturated rings. The van der Waals surface area contributed by atoms with E-state index in [0.29, 0.717) is 38.6 Å². The number of nitriles is 1. The van der Waals surface area contributed by atoms with Gasteiger partial charge in [-0.2, -0.15) is 5.26 Å². The number of hydrogen-bond donors (Lipinski definition) is 0. The lowest BCUT2D eigenvalue weighted by molar-refractivity contribution is -0.135. The standard InChI is InChI=1S/C20H26N4O2/c1-16(25)22(14-17-5-3-2-4-6-17)10-9-20(26)23-11-12-24(18-7-8-18)19(13-21)15-23/h2-6,18-19H,7-12,14-15H2,1H3. The molecule has 0 aromatic heterocycles. The van der Waals surface area contributed by atoms with Gasteiger partial charge in [0, 0.05) is 52.1 Å². The van der Waals surface area contributed by atoms with Crippen LogP contribution in [0.4, 0.5) is 0 Å². The normalized spacial score (nSPS) is 20.5. The van der Waals surface area contributed by atoms with E-state index < -0.39 is 0 Å². The molecule has 1 heterocycles. The molecule has 0 N–H and O–H groups in total. The number of piperazine rings is 1. The van der Waals surface area contributed by atoms with E-state index in [0.717, 1.165) is 12.1 Å². The van der Waals surface area contributed by atoms with E-state index in [1.165, 1.54) is 19.8 Å². The molecule has 0 radical (unpaired) electrons. The van der Waals surface area contributed by atoms with Crippen LogP contribution in [-0.2, 0) is 16.1 Å². The number of amides is 2. The molecule has 138 valence electrons. The van der Waals surface area contributed by atoms with Crippen LogP contribution in [0.5, 0.6) is 0 Å². The molecule has 0 bridgehead atoms. The lowest BCUT2D eigenvalue weighted by Crippen LogP contribution is -2.55. The van der Waals surface area contributed by atoms with Gasteiger partial charge in [0.15, 0.2) is 0 Å². The Hall–Kier alpha value is -2.39. The van der Waals surface area contributed by atoms with Crippen molar-refractivity contribution in [2.24, 2.45) is 0 Å². The molecule has 6 nitrogen and oxygen atoms in total. The molecule has 1 aromatic carbocycles. The van der Waals surface area contributed by atoms with Gasteiger partial charge in [-0.25, -0.2) is 0 Å². The molecule has 1 saturated heterocycles. The first-order valence-corrected chi connectivity index (χ1v) is 9.31. The van der Waals surface area contributed by atoms with Gasteiger partial charge in [0.25, 0.3) is 0 Å².